The number of nitrogens with zero attached hydrogens (tertiary/aromatic N) is 3. The molecule has 0 fully saturated rings. The van der Waals surface area contributed by atoms with E-state index in [1.165, 1.54) is 47.5 Å². The van der Waals surface area contributed by atoms with Gasteiger partial charge in [0.2, 0.25) is 0 Å². The third-order valence-electron chi connectivity index (χ3n) is 5.20. The molecule has 1 aromatic carbocycles. The number of aromatic nitrogens is 3. The fourth-order valence-corrected chi connectivity index (χ4v) is 4.57. The van der Waals surface area contributed by atoms with Crippen LogP contribution in [0.25, 0.3) is 21.5 Å². The van der Waals surface area contributed by atoms with Gasteiger partial charge in [-0.3, -0.25) is 9.59 Å². The highest BCUT2D eigenvalue weighted by Gasteiger charge is 2.26. The summed E-state index contributed by atoms with van der Waals surface area (Å²) in [5.41, 5.74) is 5.21. The van der Waals surface area contributed by atoms with Crippen LogP contribution in [0.1, 0.15) is 32.3 Å². The first kappa shape index (κ1) is 24.1. The second-order valence-corrected chi connectivity index (χ2v) is 8.64. The van der Waals surface area contributed by atoms with Gasteiger partial charge >= 0.3 is 0 Å². The average molecular weight is 527 g/mol. The van der Waals surface area contributed by atoms with Crippen LogP contribution in [0.2, 0.25) is 0 Å². The lowest BCUT2D eigenvalue weighted by Gasteiger charge is -2.09. The van der Waals surface area contributed by atoms with Gasteiger partial charge in [0.05, 0.1) is 12.0 Å². The molecule has 0 radical (unpaired) electrons. The van der Waals surface area contributed by atoms with Crippen LogP contribution in [-0.2, 0) is 6.73 Å². The second-order valence-electron chi connectivity index (χ2n) is 7.65. The van der Waals surface area contributed by atoms with Crippen LogP contribution < -0.4 is 15.8 Å². The highest BCUT2D eigenvalue weighted by Crippen LogP contribution is 2.42. The van der Waals surface area contributed by atoms with Gasteiger partial charge in [0.1, 0.15) is 32.7 Å². The van der Waals surface area contributed by atoms with E-state index in [2.05, 4.69) is 15.4 Å². The third kappa shape index (κ3) is 4.89. The van der Waals surface area contributed by atoms with Crippen molar-refractivity contribution in [3.05, 3.63) is 83.1 Å². The minimum Gasteiger partial charge on any atom is -0.471 e. The Kier molecular flexibility index (Phi) is 6.36. The zero-order chi connectivity index (χ0) is 26.1. The van der Waals surface area contributed by atoms with Gasteiger partial charge in [0, 0.05) is 17.1 Å². The van der Waals surface area contributed by atoms with Crippen molar-refractivity contribution in [1.82, 2.24) is 14.8 Å². The molecule has 0 aliphatic rings. The molecule has 13 heteroatoms. The maximum atomic E-state index is 13.5. The predicted octanol–water partition coefficient (Wildman–Crippen LogP) is 5.22. The zero-order valence-electron chi connectivity index (χ0n) is 18.7. The number of ether oxygens (including phenoxy) is 1. The summed E-state index contributed by atoms with van der Waals surface area (Å²) in [4.78, 5) is 29.2. The smallest absolute Gasteiger partial charge is 0.280 e. The number of alkyl halides is 2. The number of thiophene rings is 1. The van der Waals surface area contributed by atoms with Crippen molar-refractivity contribution in [2.75, 3.05) is 5.32 Å². The highest BCUT2D eigenvalue weighted by molar-refractivity contribution is 7.21. The Morgan fingerprint density at radius 1 is 1.19 bits per heavy atom. The number of nitrogens with one attached hydrogen (secondary N) is 1. The molecule has 0 saturated heterocycles. The second kappa shape index (κ2) is 9.78. The van der Waals surface area contributed by atoms with Gasteiger partial charge in [0.15, 0.2) is 12.4 Å². The van der Waals surface area contributed by atoms with Gasteiger partial charge in [-0.15, -0.1) is 11.3 Å². The van der Waals surface area contributed by atoms with Gasteiger partial charge in [0.25, 0.3) is 18.2 Å². The Hall–Kier alpha value is -4.65. The van der Waals surface area contributed by atoms with E-state index >= 15 is 0 Å². The normalized spacial score (nSPS) is 11.2. The van der Waals surface area contributed by atoms with Gasteiger partial charge in [-0.05, 0) is 48.5 Å². The first-order valence-corrected chi connectivity index (χ1v) is 11.4. The molecule has 0 saturated carbocycles. The Morgan fingerprint density at radius 3 is 2.65 bits per heavy atom. The van der Waals surface area contributed by atoms with E-state index in [1.807, 2.05) is 0 Å². The SMILES string of the molecule is NC(=O)c1sc2nc(C(F)F)cc(-c3ccco3)c2c1NC(=O)c1ccn(COc2ccc(F)cc2)n1. The number of carbonyl (C=O) groups excluding carboxylic acids is 2. The molecule has 5 aromatic rings. The molecule has 0 unspecified atom stereocenters. The first-order valence-electron chi connectivity index (χ1n) is 10.6. The molecular formula is C24H16F3N5O4S. The monoisotopic (exact) mass is 527 g/mol. The van der Waals surface area contributed by atoms with Crippen LogP contribution in [0.15, 0.2) is 65.4 Å². The molecule has 0 aliphatic heterocycles. The van der Waals surface area contributed by atoms with E-state index in [0.717, 1.165) is 17.4 Å². The molecule has 2 amide bonds. The number of amides is 2. The molecule has 9 nitrogen and oxygen atoms in total. The van der Waals surface area contributed by atoms with Crippen LogP contribution in [0.3, 0.4) is 0 Å². The highest BCUT2D eigenvalue weighted by atomic mass is 32.1. The van der Waals surface area contributed by atoms with Crippen molar-refractivity contribution in [2.45, 2.75) is 13.2 Å². The molecule has 5 rings (SSSR count). The summed E-state index contributed by atoms with van der Waals surface area (Å²) in [6.45, 7) is -0.0597. The maximum Gasteiger partial charge on any atom is 0.280 e. The Labute approximate surface area is 210 Å². The molecule has 0 spiro atoms. The van der Waals surface area contributed by atoms with E-state index in [1.54, 1.807) is 12.1 Å². The Bertz CT molecular complexity index is 1600. The summed E-state index contributed by atoms with van der Waals surface area (Å²) >= 11 is 0.776. The lowest BCUT2D eigenvalue weighted by atomic mass is 10.1. The van der Waals surface area contributed by atoms with Crippen LogP contribution in [0, 0.1) is 5.82 Å². The number of halogens is 3. The summed E-state index contributed by atoms with van der Waals surface area (Å²) in [6, 6.07) is 11.1. The molecule has 37 heavy (non-hydrogen) atoms. The number of rotatable bonds is 8. The number of primary amides is 1. The van der Waals surface area contributed by atoms with E-state index < -0.39 is 29.8 Å². The lowest BCUT2D eigenvalue weighted by molar-refractivity contribution is 0.100. The van der Waals surface area contributed by atoms with Crippen molar-refractivity contribution < 1.29 is 31.9 Å². The Balaban J connectivity index is 1.47. The van der Waals surface area contributed by atoms with E-state index in [0.29, 0.717) is 5.75 Å². The summed E-state index contributed by atoms with van der Waals surface area (Å²) in [5.74, 6) is -1.33. The number of furan rings is 1. The zero-order valence-corrected chi connectivity index (χ0v) is 19.5. The number of fused-ring (bicyclic) bond motifs is 1. The molecule has 3 N–H and O–H groups in total. The largest absolute Gasteiger partial charge is 0.471 e. The van der Waals surface area contributed by atoms with E-state index in [9.17, 15) is 22.8 Å². The minimum absolute atomic E-state index is 0.00864. The number of nitrogens with two attached hydrogens (primary N) is 1. The van der Waals surface area contributed by atoms with Crippen molar-refractivity contribution in [2.24, 2.45) is 5.73 Å². The van der Waals surface area contributed by atoms with Crippen LogP contribution in [0.4, 0.5) is 18.9 Å². The fraction of sp³-hybridized carbons (Fsp3) is 0.0833. The van der Waals surface area contributed by atoms with E-state index in [-0.39, 0.29) is 44.5 Å². The minimum atomic E-state index is -2.88. The number of hydrogen-bond acceptors (Lipinski definition) is 7. The van der Waals surface area contributed by atoms with Gasteiger partial charge in [-0.25, -0.2) is 22.8 Å². The first-order chi connectivity index (χ1) is 17.8. The third-order valence-corrected chi connectivity index (χ3v) is 6.30. The van der Waals surface area contributed by atoms with Crippen LogP contribution >= 0.6 is 11.3 Å². The molecule has 0 aliphatic carbocycles. The maximum absolute atomic E-state index is 13.5. The lowest BCUT2D eigenvalue weighted by Crippen LogP contribution is -2.17. The Morgan fingerprint density at radius 2 is 1.97 bits per heavy atom. The van der Waals surface area contributed by atoms with Crippen molar-refractivity contribution >= 4 is 39.1 Å². The summed E-state index contributed by atoms with van der Waals surface area (Å²) in [7, 11) is 0. The van der Waals surface area contributed by atoms with Crippen LogP contribution in [0.5, 0.6) is 5.75 Å². The molecule has 4 aromatic heterocycles. The fourth-order valence-electron chi connectivity index (χ4n) is 3.55. The van der Waals surface area contributed by atoms with Gasteiger partial charge in [-0.2, -0.15) is 5.10 Å². The number of pyridine rings is 1. The molecule has 0 bridgehead atoms. The summed E-state index contributed by atoms with van der Waals surface area (Å²) < 4.78 is 52.3. The number of hydrogen-bond donors (Lipinski definition) is 2. The predicted molar refractivity (Wildman–Crippen MR) is 128 cm³/mol. The number of carbonyl (C=O) groups is 2. The number of benzene rings is 1. The van der Waals surface area contributed by atoms with Gasteiger partial charge in [-0.1, -0.05) is 0 Å². The van der Waals surface area contributed by atoms with Crippen molar-refractivity contribution in [3.8, 4) is 17.1 Å². The van der Waals surface area contributed by atoms with Crippen molar-refractivity contribution in [1.29, 1.82) is 0 Å². The quantitative estimate of drug-likeness (QED) is 0.285. The number of anilines is 1. The molecule has 4 heterocycles. The van der Waals surface area contributed by atoms with Gasteiger partial charge < -0.3 is 20.2 Å². The summed E-state index contributed by atoms with van der Waals surface area (Å²) in [5, 5.41) is 6.99. The molecule has 188 valence electrons. The molecular weight excluding hydrogens is 511 g/mol. The molecule has 0 atom stereocenters. The topological polar surface area (TPSA) is 125 Å². The average Bonchev–Trinajstić information content (AvgIpc) is 3.63. The van der Waals surface area contributed by atoms with Crippen molar-refractivity contribution in [3.63, 3.8) is 0 Å². The van der Waals surface area contributed by atoms with Crippen LogP contribution in [-0.4, -0.2) is 26.6 Å². The summed E-state index contributed by atoms with van der Waals surface area (Å²) in [6.07, 6.45) is -0.0234. The van der Waals surface area contributed by atoms with E-state index in [4.69, 9.17) is 14.9 Å². The standard InChI is InChI=1S/C24H16F3N5O4S/c25-12-3-5-13(6-4-12)36-11-32-8-7-15(31-32)23(34)30-19-18-14(17-2-1-9-35-17)10-16(21(26)27)29-24(18)37-20(19)22(28)33/h1-10,21H,11H2,(H2,28,33)(H,30,34).